The molecule has 0 saturated carbocycles. The minimum Gasteiger partial charge on any atom is -0.360 e. The lowest BCUT2D eigenvalue weighted by atomic mass is 10.2. The Morgan fingerprint density at radius 3 is 2.90 bits per heavy atom. The number of anilines is 1. The number of hydrogen-bond donors (Lipinski definition) is 1. The Kier molecular flexibility index (Phi) is 5.41. The summed E-state index contributed by atoms with van der Waals surface area (Å²) in [5.41, 5.74) is 0.570. The number of carbonyl (C=O) groups excluding carboxylic acids is 1. The molecular formula is C14H14BrFN2O2S. The number of aromatic nitrogens is 1. The van der Waals surface area contributed by atoms with Gasteiger partial charge in [0.2, 0.25) is 5.91 Å². The second-order valence-electron chi connectivity index (χ2n) is 4.50. The predicted molar refractivity (Wildman–Crippen MR) is 84.7 cm³/mol. The van der Waals surface area contributed by atoms with Crippen molar-refractivity contribution in [2.75, 3.05) is 5.32 Å². The molecule has 1 aromatic carbocycles. The average molecular weight is 373 g/mol. The molecule has 0 bridgehead atoms. The molecule has 1 unspecified atom stereocenters. The van der Waals surface area contributed by atoms with E-state index in [-0.39, 0.29) is 17.0 Å². The normalized spacial score (nSPS) is 12.2. The number of carbonyl (C=O) groups is 1. The third-order valence-corrected chi connectivity index (χ3v) is 4.44. The smallest absolute Gasteiger partial charge is 0.238 e. The maximum absolute atomic E-state index is 13.7. The van der Waals surface area contributed by atoms with Gasteiger partial charge >= 0.3 is 0 Å². The maximum Gasteiger partial charge on any atom is 0.238 e. The van der Waals surface area contributed by atoms with E-state index in [4.69, 9.17) is 4.52 Å². The molecule has 1 N–H and O–H groups in total. The van der Waals surface area contributed by atoms with Gasteiger partial charge in [0.1, 0.15) is 11.6 Å². The molecule has 0 spiro atoms. The van der Waals surface area contributed by atoms with Crippen molar-refractivity contribution in [2.24, 2.45) is 0 Å². The van der Waals surface area contributed by atoms with Gasteiger partial charge in [-0.2, -0.15) is 0 Å². The van der Waals surface area contributed by atoms with Crippen LogP contribution in [0.4, 0.5) is 10.2 Å². The second-order valence-corrected chi connectivity index (χ2v) is 6.75. The number of nitrogens with zero attached hydrogens (tertiary/aromatic N) is 1. The van der Waals surface area contributed by atoms with E-state index in [9.17, 15) is 9.18 Å². The van der Waals surface area contributed by atoms with Crippen molar-refractivity contribution in [3.63, 3.8) is 0 Å². The number of hydrogen-bond acceptors (Lipinski definition) is 4. The van der Waals surface area contributed by atoms with E-state index in [0.717, 1.165) is 0 Å². The van der Waals surface area contributed by atoms with Crippen LogP contribution in [0.15, 0.2) is 33.3 Å². The van der Waals surface area contributed by atoms with Gasteiger partial charge in [-0.3, -0.25) is 4.79 Å². The Labute approximate surface area is 134 Å². The summed E-state index contributed by atoms with van der Waals surface area (Å²) in [6.07, 6.45) is 0. The van der Waals surface area contributed by atoms with Crippen molar-refractivity contribution in [1.82, 2.24) is 5.16 Å². The zero-order valence-electron chi connectivity index (χ0n) is 11.5. The van der Waals surface area contributed by atoms with E-state index in [0.29, 0.717) is 27.4 Å². The van der Waals surface area contributed by atoms with Crippen LogP contribution in [0.1, 0.15) is 18.2 Å². The molecule has 7 heteroatoms. The molecule has 0 aliphatic rings. The van der Waals surface area contributed by atoms with Crippen LogP contribution >= 0.6 is 27.7 Å². The fraction of sp³-hybridized carbons (Fsp3) is 0.286. The Hall–Kier alpha value is -1.34. The standard InChI is InChI=1S/C14H14BrFN2O2S/c1-8-5-13(18-20-8)17-14(19)9(2)21-7-10-3-4-11(15)6-12(10)16/h3-6,9H,7H2,1-2H3,(H,17,18,19). The number of halogens is 2. The van der Waals surface area contributed by atoms with E-state index < -0.39 is 0 Å². The SMILES string of the molecule is Cc1cc(NC(=O)C(C)SCc2ccc(Br)cc2F)no1. The number of thioether (sulfide) groups is 1. The summed E-state index contributed by atoms with van der Waals surface area (Å²) in [6.45, 7) is 3.51. The third kappa shape index (κ3) is 4.57. The van der Waals surface area contributed by atoms with Crippen LogP contribution < -0.4 is 5.32 Å². The Bertz CT molecular complexity index is 648. The van der Waals surface area contributed by atoms with E-state index in [1.807, 2.05) is 0 Å². The molecule has 2 rings (SSSR count). The van der Waals surface area contributed by atoms with Crippen molar-refractivity contribution in [1.29, 1.82) is 0 Å². The molecule has 1 heterocycles. The van der Waals surface area contributed by atoms with Gasteiger partial charge in [0.15, 0.2) is 5.82 Å². The highest BCUT2D eigenvalue weighted by Crippen LogP contribution is 2.23. The Morgan fingerprint density at radius 1 is 1.52 bits per heavy atom. The monoisotopic (exact) mass is 372 g/mol. The van der Waals surface area contributed by atoms with E-state index >= 15 is 0 Å². The first-order valence-electron chi connectivity index (χ1n) is 6.25. The predicted octanol–water partition coefficient (Wildman–Crippen LogP) is 4.15. The molecular weight excluding hydrogens is 359 g/mol. The molecule has 0 aliphatic carbocycles. The summed E-state index contributed by atoms with van der Waals surface area (Å²) in [6, 6.07) is 6.54. The van der Waals surface area contributed by atoms with Gasteiger partial charge in [-0.1, -0.05) is 27.2 Å². The highest BCUT2D eigenvalue weighted by atomic mass is 79.9. The molecule has 1 atom stereocenters. The van der Waals surface area contributed by atoms with Crippen LogP contribution in [-0.2, 0) is 10.5 Å². The second kappa shape index (κ2) is 7.09. The van der Waals surface area contributed by atoms with Gasteiger partial charge in [0.05, 0.1) is 5.25 Å². The molecule has 0 aliphatic heterocycles. The van der Waals surface area contributed by atoms with Crippen LogP contribution in [0.3, 0.4) is 0 Å². The molecule has 0 fully saturated rings. The lowest BCUT2D eigenvalue weighted by Gasteiger charge is -2.11. The van der Waals surface area contributed by atoms with Crippen molar-refractivity contribution in [3.05, 3.63) is 45.9 Å². The van der Waals surface area contributed by atoms with Crippen LogP contribution in [0.2, 0.25) is 0 Å². The average Bonchev–Trinajstić information content (AvgIpc) is 2.82. The van der Waals surface area contributed by atoms with Gasteiger partial charge in [0, 0.05) is 16.3 Å². The van der Waals surface area contributed by atoms with E-state index in [1.165, 1.54) is 17.8 Å². The number of rotatable bonds is 5. The minimum absolute atomic E-state index is 0.189. The molecule has 2 aromatic rings. The number of aryl methyl sites for hydroxylation is 1. The molecule has 0 saturated heterocycles. The first-order chi connectivity index (χ1) is 9.95. The third-order valence-electron chi connectivity index (χ3n) is 2.75. The molecule has 112 valence electrons. The fourth-order valence-electron chi connectivity index (χ4n) is 1.58. The van der Waals surface area contributed by atoms with Crippen LogP contribution in [-0.4, -0.2) is 16.3 Å². The van der Waals surface area contributed by atoms with E-state index in [1.54, 1.807) is 32.0 Å². The summed E-state index contributed by atoms with van der Waals surface area (Å²) < 4.78 is 19.3. The lowest BCUT2D eigenvalue weighted by Crippen LogP contribution is -2.22. The van der Waals surface area contributed by atoms with Crippen molar-refractivity contribution < 1.29 is 13.7 Å². The summed E-state index contributed by atoms with van der Waals surface area (Å²) in [4.78, 5) is 12.0. The summed E-state index contributed by atoms with van der Waals surface area (Å²) in [5, 5.41) is 6.03. The number of amides is 1. The molecule has 0 radical (unpaired) electrons. The fourth-order valence-corrected chi connectivity index (χ4v) is 2.79. The van der Waals surface area contributed by atoms with Crippen LogP contribution in [0, 0.1) is 12.7 Å². The zero-order chi connectivity index (χ0) is 15.4. The van der Waals surface area contributed by atoms with E-state index in [2.05, 4.69) is 26.4 Å². The Balaban J connectivity index is 1.88. The molecule has 1 amide bonds. The molecule has 1 aromatic heterocycles. The first kappa shape index (κ1) is 16.0. The number of nitrogens with one attached hydrogen (secondary N) is 1. The quantitative estimate of drug-likeness (QED) is 0.856. The van der Waals surface area contributed by atoms with Crippen molar-refractivity contribution in [3.8, 4) is 0 Å². The van der Waals surface area contributed by atoms with Crippen LogP contribution in [0.25, 0.3) is 0 Å². The minimum atomic E-state index is -0.329. The van der Waals surface area contributed by atoms with Gasteiger partial charge in [-0.15, -0.1) is 11.8 Å². The topological polar surface area (TPSA) is 55.1 Å². The highest BCUT2D eigenvalue weighted by Gasteiger charge is 2.16. The summed E-state index contributed by atoms with van der Waals surface area (Å²) in [7, 11) is 0. The zero-order valence-corrected chi connectivity index (χ0v) is 13.9. The summed E-state index contributed by atoms with van der Waals surface area (Å²) >= 11 is 4.57. The lowest BCUT2D eigenvalue weighted by molar-refractivity contribution is -0.115. The van der Waals surface area contributed by atoms with Gasteiger partial charge in [-0.25, -0.2) is 4.39 Å². The highest BCUT2D eigenvalue weighted by molar-refractivity contribution is 9.10. The largest absolute Gasteiger partial charge is 0.360 e. The number of benzene rings is 1. The maximum atomic E-state index is 13.7. The molecule has 21 heavy (non-hydrogen) atoms. The first-order valence-corrected chi connectivity index (χ1v) is 8.09. The molecule has 4 nitrogen and oxygen atoms in total. The van der Waals surface area contributed by atoms with Gasteiger partial charge in [-0.05, 0) is 31.5 Å². The summed E-state index contributed by atoms with van der Waals surface area (Å²) in [5.74, 6) is 0.968. The van der Waals surface area contributed by atoms with Gasteiger partial charge < -0.3 is 9.84 Å². The van der Waals surface area contributed by atoms with Crippen molar-refractivity contribution >= 4 is 39.4 Å². The Morgan fingerprint density at radius 2 is 2.29 bits per heavy atom. The van der Waals surface area contributed by atoms with Crippen molar-refractivity contribution in [2.45, 2.75) is 24.9 Å². The van der Waals surface area contributed by atoms with Gasteiger partial charge in [0.25, 0.3) is 0 Å². The van der Waals surface area contributed by atoms with Crippen LogP contribution in [0.5, 0.6) is 0 Å².